The summed E-state index contributed by atoms with van der Waals surface area (Å²) in [6.07, 6.45) is -1.26. The van der Waals surface area contributed by atoms with E-state index in [-0.39, 0.29) is 18.7 Å². The van der Waals surface area contributed by atoms with Crippen molar-refractivity contribution in [3.8, 4) is 0 Å². The second-order valence-electron chi connectivity index (χ2n) is 11.6. The summed E-state index contributed by atoms with van der Waals surface area (Å²) in [5.41, 5.74) is 3.22. The number of nitrogens with zero attached hydrogens (tertiary/aromatic N) is 1. The molecule has 2 amide bonds. The number of carbonyl (C=O) groups excluding carboxylic acids is 2. The molecule has 0 heterocycles. The van der Waals surface area contributed by atoms with Crippen LogP contribution in [0.3, 0.4) is 0 Å². The fourth-order valence-corrected chi connectivity index (χ4v) is 5.64. The van der Waals surface area contributed by atoms with Crippen LogP contribution in [-0.4, -0.2) is 51.0 Å². The first kappa shape index (κ1) is 31.0. The molecule has 0 bridgehead atoms. The summed E-state index contributed by atoms with van der Waals surface area (Å²) in [5.74, 6) is -0.168. The molecule has 7 nitrogen and oxygen atoms in total. The molecular weight excluding hydrogens is 631 g/mol. The predicted molar refractivity (Wildman–Crippen MR) is 167 cm³/mol. The standard InChI is InChI=1S/C33H39IN2O5/c1-33(2,3)41-32(40)35-27(19-22-9-5-4-6-10-22)28(37)17-18-30(39)36(21-23-13-15-25(34)16-14-23)31-26-12-8-7-11-24(26)20-29(31)38/h4-16,27-29,31,37-38H,17-21H2,1-3H3,(H,35,40)/t27-,28-,29+,31-/m0/s1. The molecule has 0 unspecified atom stereocenters. The Morgan fingerprint density at radius 3 is 2.34 bits per heavy atom. The van der Waals surface area contributed by atoms with Gasteiger partial charge < -0.3 is 25.2 Å². The molecule has 8 heteroatoms. The summed E-state index contributed by atoms with van der Waals surface area (Å²) < 4.78 is 6.54. The number of ether oxygens (including phenoxy) is 1. The number of halogens is 1. The number of hydrogen-bond acceptors (Lipinski definition) is 5. The van der Waals surface area contributed by atoms with Gasteiger partial charge in [0.15, 0.2) is 0 Å². The highest BCUT2D eigenvalue weighted by atomic mass is 127. The van der Waals surface area contributed by atoms with Gasteiger partial charge in [-0.2, -0.15) is 0 Å². The molecular formula is C33H39IN2O5. The van der Waals surface area contributed by atoms with Gasteiger partial charge in [-0.1, -0.05) is 66.7 Å². The van der Waals surface area contributed by atoms with Gasteiger partial charge in [0, 0.05) is 23.0 Å². The molecule has 0 aromatic heterocycles. The van der Waals surface area contributed by atoms with Crippen molar-refractivity contribution in [2.75, 3.05) is 0 Å². The number of carbonyl (C=O) groups is 2. The van der Waals surface area contributed by atoms with Gasteiger partial charge in [-0.3, -0.25) is 4.79 Å². The van der Waals surface area contributed by atoms with Crippen LogP contribution in [0.5, 0.6) is 0 Å². The third kappa shape index (κ3) is 8.77. The highest BCUT2D eigenvalue weighted by Crippen LogP contribution is 2.37. The molecule has 3 N–H and O–H groups in total. The number of hydrogen-bond donors (Lipinski definition) is 3. The number of aliphatic hydroxyl groups excluding tert-OH is 2. The lowest BCUT2D eigenvalue weighted by atomic mass is 9.97. The molecule has 1 aliphatic rings. The third-order valence-corrected chi connectivity index (χ3v) is 7.93. The summed E-state index contributed by atoms with van der Waals surface area (Å²) in [6, 6.07) is 24.3. The molecule has 218 valence electrons. The zero-order valence-corrected chi connectivity index (χ0v) is 26.0. The van der Waals surface area contributed by atoms with Crippen LogP contribution in [0.4, 0.5) is 4.79 Å². The smallest absolute Gasteiger partial charge is 0.407 e. The maximum absolute atomic E-state index is 13.8. The Bertz CT molecular complexity index is 1310. The number of rotatable bonds is 10. The average Bonchev–Trinajstić information content (AvgIpc) is 3.25. The van der Waals surface area contributed by atoms with Crippen molar-refractivity contribution in [1.82, 2.24) is 10.2 Å². The van der Waals surface area contributed by atoms with Crippen molar-refractivity contribution < 1.29 is 24.5 Å². The van der Waals surface area contributed by atoms with Crippen LogP contribution in [0.1, 0.15) is 61.9 Å². The van der Waals surface area contributed by atoms with E-state index in [1.807, 2.05) is 78.9 Å². The Morgan fingerprint density at radius 2 is 1.66 bits per heavy atom. The Balaban J connectivity index is 1.51. The Labute approximate surface area is 256 Å². The van der Waals surface area contributed by atoms with Gasteiger partial charge in [-0.25, -0.2) is 4.79 Å². The van der Waals surface area contributed by atoms with Crippen LogP contribution >= 0.6 is 22.6 Å². The summed E-state index contributed by atoms with van der Waals surface area (Å²) >= 11 is 2.25. The van der Waals surface area contributed by atoms with Crippen LogP contribution < -0.4 is 5.32 Å². The molecule has 0 spiro atoms. The maximum Gasteiger partial charge on any atom is 0.407 e. The number of fused-ring (bicyclic) bond motifs is 1. The van der Waals surface area contributed by atoms with Crippen molar-refractivity contribution in [3.63, 3.8) is 0 Å². The highest BCUT2D eigenvalue weighted by Gasteiger charge is 2.38. The van der Waals surface area contributed by atoms with E-state index in [4.69, 9.17) is 4.74 Å². The number of amides is 2. The summed E-state index contributed by atoms with van der Waals surface area (Å²) in [6.45, 7) is 5.69. The minimum absolute atomic E-state index is 0.0538. The second-order valence-corrected chi connectivity index (χ2v) is 12.9. The lowest BCUT2D eigenvalue weighted by Gasteiger charge is -2.33. The molecule has 0 saturated heterocycles. The Kier molecular flexibility index (Phi) is 10.4. The fraction of sp³-hybridized carbons (Fsp3) is 0.394. The lowest BCUT2D eigenvalue weighted by molar-refractivity contribution is -0.137. The molecule has 3 aromatic rings. The Morgan fingerprint density at radius 1 is 1.00 bits per heavy atom. The number of benzene rings is 3. The van der Waals surface area contributed by atoms with Crippen molar-refractivity contribution in [3.05, 3.63) is 105 Å². The van der Waals surface area contributed by atoms with Crippen LogP contribution in [0.2, 0.25) is 0 Å². The molecule has 0 radical (unpaired) electrons. The SMILES string of the molecule is CC(C)(C)OC(=O)N[C@@H](Cc1ccccc1)[C@@H](O)CCC(=O)N(Cc1ccc(I)cc1)[C@H]1c2ccccc2C[C@H]1O. The normalized spacial score (nSPS) is 17.8. The van der Waals surface area contributed by atoms with Crippen molar-refractivity contribution in [2.24, 2.45) is 0 Å². The largest absolute Gasteiger partial charge is 0.444 e. The van der Waals surface area contributed by atoms with Crippen LogP contribution in [0, 0.1) is 3.57 Å². The van der Waals surface area contributed by atoms with Crippen LogP contribution in [0.25, 0.3) is 0 Å². The van der Waals surface area contributed by atoms with Gasteiger partial charge in [0.2, 0.25) is 5.91 Å². The van der Waals surface area contributed by atoms with Gasteiger partial charge in [0.05, 0.1) is 24.3 Å². The first-order chi connectivity index (χ1) is 19.5. The van der Waals surface area contributed by atoms with Gasteiger partial charge in [0.1, 0.15) is 5.60 Å². The highest BCUT2D eigenvalue weighted by molar-refractivity contribution is 14.1. The fourth-order valence-electron chi connectivity index (χ4n) is 5.28. The quantitative estimate of drug-likeness (QED) is 0.246. The Hall–Kier alpha value is -2.95. The molecule has 0 fully saturated rings. The average molecular weight is 671 g/mol. The third-order valence-electron chi connectivity index (χ3n) is 7.21. The first-order valence-corrected chi connectivity index (χ1v) is 15.1. The van der Waals surface area contributed by atoms with E-state index in [1.165, 1.54) is 0 Å². The topological polar surface area (TPSA) is 99.1 Å². The van der Waals surface area contributed by atoms with Crippen LogP contribution in [-0.2, 0) is 28.9 Å². The lowest BCUT2D eigenvalue weighted by Crippen LogP contribution is -2.47. The van der Waals surface area contributed by atoms with E-state index in [0.717, 1.165) is 25.8 Å². The number of nitrogens with one attached hydrogen (secondary N) is 1. The van der Waals surface area contributed by atoms with E-state index in [1.54, 1.807) is 25.7 Å². The van der Waals surface area contributed by atoms with Crippen molar-refractivity contribution >= 4 is 34.6 Å². The molecule has 0 saturated carbocycles. The minimum atomic E-state index is -0.993. The van der Waals surface area contributed by atoms with Crippen molar-refractivity contribution in [1.29, 1.82) is 0 Å². The zero-order chi connectivity index (χ0) is 29.6. The van der Waals surface area contributed by atoms with E-state index >= 15 is 0 Å². The van der Waals surface area contributed by atoms with Gasteiger partial charge in [0.25, 0.3) is 0 Å². The summed E-state index contributed by atoms with van der Waals surface area (Å²) in [4.78, 5) is 28.2. The van der Waals surface area contributed by atoms with Gasteiger partial charge >= 0.3 is 6.09 Å². The predicted octanol–water partition coefficient (Wildman–Crippen LogP) is 5.56. The van der Waals surface area contributed by atoms with E-state index in [2.05, 4.69) is 27.9 Å². The van der Waals surface area contributed by atoms with Gasteiger partial charge in [-0.05, 0) is 90.6 Å². The number of aliphatic hydroxyl groups is 2. The molecule has 1 aliphatic carbocycles. The zero-order valence-electron chi connectivity index (χ0n) is 23.8. The monoisotopic (exact) mass is 670 g/mol. The maximum atomic E-state index is 13.8. The molecule has 0 aliphatic heterocycles. The first-order valence-electron chi connectivity index (χ1n) is 14.0. The van der Waals surface area contributed by atoms with E-state index < -0.39 is 36.0 Å². The van der Waals surface area contributed by atoms with Crippen molar-refractivity contribution in [2.45, 2.75) is 82.9 Å². The second kappa shape index (κ2) is 13.8. The molecule has 41 heavy (non-hydrogen) atoms. The summed E-state index contributed by atoms with van der Waals surface area (Å²) in [5, 5.41) is 25.1. The van der Waals surface area contributed by atoms with Gasteiger partial charge in [-0.15, -0.1) is 0 Å². The summed E-state index contributed by atoms with van der Waals surface area (Å²) in [7, 11) is 0. The minimum Gasteiger partial charge on any atom is -0.444 e. The molecule has 4 rings (SSSR count). The molecule has 3 aromatic carbocycles. The van der Waals surface area contributed by atoms with E-state index in [9.17, 15) is 19.8 Å². The number of alkyl carbamates (subject to hydrolysis) is 1. The van der Waals surface area contributed by atoms with E-state index in [0.29, 0.717) is 19.4 Å². The molecule has 4 atom stereocenters. The van der Waals surface area contributed by atoms with Crippen LogP contribution in [0.15, 0.2) is 78.9 Å².